The average Bonchev–Trinajstić information content (AvgIpc) is 3.34. The minimum Gasteiger partial charge on any atom is -0.328 e. The number of thiazole rings is 1. The third-order valence-electron chi connectivity index (χ3n) is 5.03. The Morgan fingerprint density at radius 1 is 1.12 bits per heavy atom. The van der Waals surface area contributed by atoms with Crippen molar-refractivity contribution in [3.05, 3.63) is 46.5 Å². The second kappa shape index (κ2) is 7.05. The van der Waals surface area contributed by atoms with E-state index in [1.165, 1.54) is 5.01 Å². The van der Waals surface area contributed by atoms with Gasteiger partial charge in [-0.1, -0.05) is 0 Å². The molecule has 0 amide bonds. The number of hydrogen-bond donors (Lipinski definition) is 0. The molecule has 4 heterocycles. The fraction of sp³-hybridized carbons (Fsp3) is 0.529. The van der Waals surface area contributed by atoms with E-state index < -0.39 is 0 Å². The van der Waals surface area contributed by atoms with Crippen LogP contribution >= 0.6 is 11.3 Å². The lowest BCUT2D eigenvalue weighted by atomic mass is 9.96. The number of aromatic nitrogens is 6. The Morgan fingerprint density at radius 3 is 2.64 bits per heavy atom. The van der Waals surface area contributed by atoms with Crippen molar-refractivity contribution >= 4 is 11.3 Å². The van der Waals surface area contributed by atoms with Crippen molar-refractivity contribution in [2.24, 2.45) is 7.05 Å². The number of nitrogens with zero attached hydrogens (tertiary/aromatic N) is 7. The standard InChI is InChI=1S/C17H23N7S/c1-13-18-5-9-24(13)11-15-20-21-17(22(15)2)14-3-7-23(8-4-14)12-16-19-6-10-25-16/h5-6,9-10,14H,3-4,7-8,11-12H2,1-2H3. The highest BCUT2D eigenvalue weighted by Gasteiger charge is 2.25. The summed E-state index contributed by atoms with van der Waals surface area (Å²) in [7, 11) is 2.08. The van der Waals surface area contributed by atoms with E-state index in [0.717, 1.165) is 56.5 Å². The van der Waals surface area contributed by atoms with Crippen LogP contribution in [0, 0.1) is 6.92 Å². The smallest absolute Gasteiger partial charge is 0.152 e. The second-order valence-corrected chi connectivity index (χ2v) is 7.59. The van der Waals surface area contributed by atoms with Crippen LogP contribution < -0.4 is 0 Å². The molecule has 25 heavy (non-hydrogen) atoms. The zero-order valence-electron chi connectivity index (χ0n) is 14.7. The quantitative estimate of drug-likeness (QED) is 0.700. The zero-order valence-corrected chi connectivity index (χ0v) is 15.5. The van der Waals surface area contributed by atoms with Crippen LogP contribution in [0.15, 0.2) is 24.0 Å². The fourth-order valence-corrected chi connectivity index (χ4v) is 4.12. The van der Waals surface area contributed by atoms with Crippen molar-refractivity contribution in [1.29, 1.82) is 0 Å². The average molecular weight is 357 g/mol. The molecule has 3 aromatic rings. The Hall–Kier alpha value is -2.06. The highest BCUT2D eigenvalue weighted by molar-refractivity contribution is 7.09. The molecule has 132 valence electrons. The molecule has 4 rings (SSSR count). The van der Waals surface area contributed by atoms with E-state index in [2.05, 4.69) is 41.2 Å². The lowest BCUT2D eigenvalue weighted by Crippen LogP contribution is -2.33. The van der Waals surface area contributed by atoms with Crippen LogP contribution in [-0.4, -0.2) is 47.3 Å². The van der Waals surface area contributed by atoms with Crippen molar-refractivity contribution in [1.82, 2.24) is 34.2 Å². The number of hydrogen-bond acceptors (Lipinski definition) is 6. The van der Waals surface area contributed by atoms with Gasteiger partial charge in [0.1, 0.15) is 16.7 Å². The number of piperidine rings is 1. The summed E-state index contributed by atoms with van der Waals surface area (Å²) < 4.78 is 4.27. The van der Waals surface area contributed by atoms with Crippen molar-refractivity contribution in [3.63, 3.8) is 0 Å². The summed E-state index contributed by atoms with van der Waals surface area (Å²) in [5.41, 5.74) is 0. The molecular weight excluding hydrogens is 334 g/mol. The van der Waals surface area contributed by atoms with E-state index in [4.69, 9.17) is 0 Å². The lowest BCUT2D eigenvalue weighted by Gasteiger charge is -2.30. The van der Waals surface area contributed by atoms with Crippen molar-refractivity contribution in [3.8, 4) is 0 Å². The van der Waals surface area contributed by atoms with Gasteiger partial charge in [-0.05, 0) is 32.9 Å². The van der Waals surface area contributed by atoms with Crippen LogP contribution in [0.2, 0.25) is 0 Å². The number of rotatable bonds is 5. The van der Waals surface area contributed by atoms with Crippen LogP contribution in [0.5, 0.6) is 0 Å². The van der Waals surface area contributed by atoms with Crippen molar-refractivity contribution in [2.75, 3.05) is 13.1 Å². The Bertz CT molecular complexity index is 812. The van der Waals surface area contributed by atoms with Crippen LogP contribution in [0.4, 0.5) is 0 Å². The van der Waals surface area contributed by atoms with Crippen LogP contribution in [0.25, 0.3) is 0 Å². The molecule has 0 saturated carbocycles. The zero-order chi connectivity index (χ0) is 17.2. The molecule has 0 aromatic carbocycles. The Labute approximate surface area is 151 Å². The van der Waals surface area contributed by atoms with Gasteiger partial charge < -0.3 is 9.13 Å². The van der Waals surface area contributed by atoms with E-state index in [-0.39, 0.29) is 0 Å². The van der Waals surface area contributed by atoms with Gasteiger partial charge in [-0.2, -0.15) is 0 Å². The molecular formula is C17H23N7S. The predicted molar refractivity (Wildman–Crippen MR) is 96.4 cm³/mol. The van der Waals surface area contributed by atoms with Crippen LogP contribution in [0.3, 0.4) is 0 Å². The van der Waals surface area contributed by atoms with Crippen molar-refractivity contribution < 1.29 is 0 Å². The molecule has 0 aliphatic carbocycles. The van der Waals surface area contributed by atoms with E-state index >= 15 is 0 Å². The summed E-state index contributed by atoms with van der Waals surface area (Å²) in [5.74, 6) is 3.59. The largest absolute Gasteiger partial charge is 0.328 e. The third kappa shape index (κ3) is 3.50. The maximum atomic E-state index is 4.50. The topological polar surface area (TPSA) is 64.7 Å². The maximum Gasteiger partial charge on any atom is 0.152 e. The van der Waals surface area contributed by atoms with Gasteiger partial charge in [-0.3, -0.25) is 4.90 Å². The maximum absolute atomic E-state index is 4.50. The molecule has 3 aromatic heterocycles. The predicted octanol–water partition coefficient (Wildman–Crippen LogP) is 2.20. The minimum atomic E-state index is 0.489. The lowest BCUT2D eigenvalue weighted by molar-refractivity contribution is 0.200. The van der Waals surface area contributed by atoms with Crippen molar-refractivity contribution in [2.45, 2.75) is 38.8 Å². The summed E-state index contributed by atoms with van der Waals surface area (Å²) in [6.45, 7) is 5.88. The fourth-order valence-electron chi connectivity index (χ4n) is 3.46. The summed E-state index contributed by atoms with van der Waals surface area (Å²) in [4.78, 5) is 11.2. The second-order valence-electron chi connectivity index (χ2n) is 6.61. The summed E-state index contributed by atoms with van der Waals surface area (Å²) in [6.07, 6.45) is 7.95. The minimum absolute atomic E-state index is 0.489. The van der Waals surface area contributed by atoms with E-state index in [9.17, 15) is 0 Å². The molecule has 7 nitrogen and oxygen atoms in total. The van der Waals surface area contributed by atoms with Gasteiger partial charge in [-0.15, -0.1) is 21.5 Å². The van der Waals surface area contributed by atoms with Crippen LogP contribution in [-0.2, 0) is 20.1 Å². The first-order valence-electron chi connectivity index (χ1n) is 8.67. The number of imidazole rings is 1. The first-order chi connectivity index (χ1) is 12.2. The van der Waals surface area contributed by atoms with E-state index in [0.29, 0.717) is 5.92 Å². The SMILES string of the molecule is Cc1nccn1Cc1nnc(C2CCN(Cc3nccs3)CC2)n1C. The summed E-state index contributed by atoms with van der Waals surface area (Å²) >= 11 is 1.74. The molecule has 1 aliphatic heterocycles. The van der Waals surface area contributed by atoms with E-state index in [1.54, 1.807) is 11.3 Å². The molecule has 0 atom stereocenters. The molecule has 0 unspecified atom stereocenters. The highest BCUT2D eigenvalue weighted by Crippen LogP contribution is 2.27. The first-order valence-corrected chi connectivity index (χ1v) is 9.55. The monoisotopic (exact) mass is 357 g/mol. The summed E-state index contributed by atoms with van der Waals surface area (Å²) in [5, 5.41) is 12.2. The van der Waals surface area contributed by atoms with Gasteiger partial charge in [-0.25, -0.2) is 9.97 Å². The normalized spacial score (nSPS) is 16.6. The van der Waals surface area contributed by atoms with E-state index in [1.807, 2.05) is 30.9 Å². The van der Waals surface area contributed by atoms with Gasteiger partial charge >= 0.3 is 0 Å². The Balaban J connectivity index is 1.39. The van der Waals surface area contributed by atoms with Gasteiger partial charge in [0.05, 0.1) is 13.1 Å². The first kappa shape index (κ1) is 16.4. The van der Waals surface area contributed by atoms with Crippen LogP contribution in [0.1, 0.15) is 41.2 Å². The summed E-state index contributed by atoms with van der Waals surface area (Å²) in [6, 6.07) is 0. The van der Waals surface area contributed by atoms with Gasteiger partial charge in [0.25, 0.3) is 0 Å². The molecule has 0 N–H and O–H groups in total. The van der Waals surface area contributed by atoms with Gasteiger partial charge in [0, 0.05) is 36.9 Å². The molecule has 0 radical (unpaired) electrons. The molecule has 1 aliphatic rings. The number of likely N-dealkylation sites (tertiary alicyclic amines) is 1. The highest BCUT2D eigenvalue weighted by atomic mass is 32.1. The molecule has 1 saturated heterocycles. The Morgan fingerprint density at radius 2 is 1.96 bits per heavy atom. The van der Waals surface area contributed by atoms with Gasteiger partial charge in [0.15, 0.2) is 5.82 Å². The Kier molecular flexibility index (Phi) is 4.63. The molecule has 0 bridgehead atoms. The number of aryl methyl sites for hydroxylation is 1. The third-order valence-corrected chi connectivity index (χ3v) is 5.79. The molecule has 0 spiro atoms. The molecule has 8 heteroatoms. The molecule has 1 fully saturated rings. The van der Waals surface area contributed by atoms with Gasteiger partial charge in [0.2, 0.25) is 0 Å².